The minimum absolute atomic E-state index is 0.151. The molecule has 1 atom stereocenters. The normalized spacial score (nSPS) is 18.3. The molecular formula is C22H17NO4. The fourth-order valence-corrected chi connectivity index (χ4v) is 3.49. The summed E-state index contributed by atoms with van der Waals surface area (Å²) in [7, 11) is 0. The number of hydrogen-bond acceptors (Lipinski definition) is 5. The molecule has 0 saturated carbocycles. The number of fused-ring (bicyclic) bond motifs is 1. The summed E-state index contributed by atoms with van der Waals surface area (Å²) in [5.41, 5.74) is 2.23. The van der Waals surface area contributed by atoms with Crippen LogP contribution in [0.3, 0.4) is 0 Å². The Bertz CT molecular complexity index is 1020. The highest BCUT2D eigenvalue weighted by atomic mass is 16.5. The average Bonchev–Trinajstić information content (AvgIpc) is 2.72. The van der Waals surface area contributed by atoms with Crippen LogP contribution in [0.25, 0.3) is 0 Å². The van der Waals surface area contributed by atoms with E-state index in [1.54, 1.807) is 37.3 Å². The van der Waals surface area contributed by atoms with Crippen LogP contribution in [0.2, 0.25) is 0 Å². The largest absolute Gasteiger partial charge is 0.461 e. The van der Waals surface area contributed by atoms with E-state index >= 15 is 0 Å². The highest BCUT2D eigenvalue weighted by molar-refractivity contribution is 6.28. The molecule has 1 N–H and O–H groups in total. The van der Waals surface area contributed by atoms with Crippen LogP contribution in [0.5, 0.6) is 0 Å². The second-order valence-electron chi connectivity index (χ2n) is 6.31. The molecule has 5 nitrogen and oxygen atoms in total. The molecule has 0 amide bonds. The van der Waals surface area contributed by atoms with E-state index in [1.165, 1.54) is 0 Å². The van der Waals surface area contributed by atoms with Crippen molar-refractivity contribution in [1.82, 2.24) is 5.32 Å². The molecule has 5 heteroatoms. The first-order valence-electron chi connectivity index (χ1n) is 8.75. The van der Waals surface area contributed by atoms with E-state index in [0.717, 1.165) is 5.56 Å². The van der Waals surface area contributed by atoms with E-state index in [0.29, 0.717) is 16.7 Å². The number of Topliss-reactive ketones (excluding diaryl/α,β-unsaturated/α-hetero) is 2. The van der Waals surface area contributed by atoms with Crippen molar-refractivity contribution in [2.45, 2.75) is 12.8 Å². The molecule has 1 aliphatic heterocycles. The summed E-state index contributed by atoms with van der Waals surface area (Å²) < 4.78 is 5.09. The molecule has 0 spiro atoms. The van der Waals surface area contributed by atoms with Crippen LogP contribution in [0.4, 0.5) is 0 Å². The molecule has 2 aromatic carbocycles. The molecule has 2 aromatic rings. The van der Waals surface area contributed by atoms with Gasteiger partial charge >= 0.3 is 5.97 Å². The lowest BCUT2D eigenvalue weighted by Crippen LogP contribution is -2.37. The first-order valence-corrected chi connectivity index (χ1v) is 8.75. The van der Waals surface area contributed by atoms with Gasteiger partial charge in [-0.2, -0.15) is 0 Å². The number of nitrogens with one attached hydrogen (secondary N) is 1. The Balaban J connectivity index is 1.88. The first kappa shape index (κ1) is 17.0. The van der Waals surface area contributed by atoms with Crippen LogP contribution in [0, 0.1) is 0 Å². The second kappa shape index (κ2) is 6.68. The molecule has 4 rings (SSSR count). The monoisotopic (exact) mass is 359 g/mol. The molecule has 0 fully saturated rings. The number of ketones is 2. The Labute approximate surface area is 156 Å². The van der Waals surface area contributed by atoms with Gasteiger partial charge in [0.05, 0.1) is 12.3 Å². The van der Waals surface area contributed by atoms with Gasteiger partial charge in [-0.3, -0.25) is 9.59 Å². The molecule has 2 aliphatic rings. The number of allylic oxidation sites excluding steroid dienone is 3. The fourth-order valence-electron chi connectivity index (χ4n) is 3.49. The van der Waals surface area contributed by atoms with Crippen molar-refractivity contribution in [2.24, 2.45) is 0 Å². The minimum atomic E-state index is -0.552. The van der Waals surface area contributed by atoms with E-state index in [-0.39, 0.29) is 29.6 Å². The summed E-state index contributed by atoms with van der Waals surface area (Å²) in [6, 6.07) is 16.1. The number of carbonyl (C=O) groups excluding carboxylic acids is 3. The molecule has 0 bridgehead atoms. The van der Waals surface area contributed by atoms with E-state index in [2.05, 4.69) is 5.32 Å². The Morgan fingerprint density at radius 2 is 1.59 bits per heavy atom. The van der Waals surface area contributed by atoms with Gasteiger partial charge in [0.2, 0.25) is 5.78 Å². The lowest BCUT2D eigenvalue weighted by molar-refractivity contribution is -0.138. The van der Waals surface area contributed by atoms with Gasteiger partial charge in [-0.15, -0.1) is 0 Å². The van der Waals surface area contributed by atoms with E-state index < -0.39 is 11.9 Å². The number of rotatable bonds is 3. The van der Waals surface area contributed by atoms with Crippen molar-refractivity contribution in [2.75, 3.05) is 6.61 Å². The molecule has 27 heavy (non-hydrogen) atoms. The SMILES string of the molecule is CCOC(=O)C1=C[C@H](c2ccccc2)C2=C(N1)C(=O)c1ccccc1C2=O. The molecule has 1 heterocycles. The molecule has 0 radical (unpaired) electrons. The number of dihydropyridines is 1. The highest BCUT2D eigenvalue weighted by Crippen LogP contribution is 2.38. The Kier molecular flexibility index (Phi) is 4.20. The zero-order valence-corrected chi connectivity index (χ0v) is 14.7. The van der Waals surface area contributed by atoms with Crippen LogP contribution in [-0.4, -0.2) is 24.1 Å². The Morgan fingerprint density at radius 3 is 2.26 bits per heavy atom. The highest BCUT2D eigenvalue weighted by Gasteiger charge is 2.39. The van der Waals surface area contributed by atoms with E-state index in [9.17, 15) is 14.4 Å². The summed E-state index contributed by atoms with van der Waals surface area (Å²) >= 11 is 0. The maximum atomic E-state index is 13.2. The van der Waals surface area contributed by atoms with Gasteiger partial charge in [0.25, 0.3) is 0 Å². The minimum Gasteiger partial charge on any atom is -0.461 e. The van der Waals surface area contributed by atoms with E-state index in [4.69, 9.17) is 4.74 Å². The van der Waals surface area contributed by atoms with Gasteiger partial charge < -0.3 is 10.1 Å². The van der Waals surface area contributed by atoms with Gasteiger partial charge in [0.15, 0.2) is 5.78 Å². The van der Waals surface area contributed by atoms with Crippen molar-refractivity contribution in [1.29, 1.82) is 0 Å². The predicted molar refractivity (Wildman–Crippen MR) is 99.2 cm³/mol. The van der Waals surface area contributed by atoms with Crippen LogP contribution >= 0.6 is 0 Å². The number of ether oxygens (including phenoxy) is 1. The lowest BCUT2D eigenvalue weighted by atomic mass is 9.77. The van der Waals surface area contributed by atoms with Crippen molar-refractivity contribution < 1.29 is 19.1 Å². The van der Waals surface area contributed by atoms with Gasteiger partial charge in [-0.25, -0.2) is 4.79 Å². The molecular weight excluding hydrogens is 342 g/mol. The number of carbonyl (C=O) groups is 3. The van der Waals surface area contributed by atoms with Crippen molar-refractivity contribution in [3.63, 3.8) is 0 Å². The lowest BCUT2D eigenvalue weighted by Gasteiger charge is -2.30. The van der Waals surface area contributed by atoms with Crippen LogP contribution in [-0.2, 0) is 9.53 Å². The van der Waals surface area contributed by atoms with Gasteiger partial charge in [0, 0.05) is 22.6 Å². The number of benzene rings is 2. The zero-order valence-electron chi connectivity index (χ0n) is 14.7. The zero-order chi connectivity index (χ0) is 19.0. The van der Waals surface area contributed by atoms with Crippen LogP contribution < -0.4 is 5.32 Å². The van der Waals surface area contributed by atoms with Gasteiger partial charge in [-0.05, 0) is 18.6 Å². The summed E-state index contributed by atoms with van der Waals surface area (Å²) in [5.74, 6) is -1.56. The second-order valence-corrected chi connectivity index (χ2v) is 6.31. The molecule has 0 aromatic heterocycles. The quantitative estimate of drug-likeness (QED) is 0.853. The molecule has 0 saturated heterocycles. The standard InChI is InChI=1S/C22H17NO4/c1-2-27-22(26)17-12-16(13-8-4-3-5-9-13)18-19(23-17)21(25)15-11-7-6-10-14(15)20(18)24/h3-12,16,23H,2H2,1H3/t16-/m1/s1. The van der Waals surface area contributed by atoms with Gasteiger partial charge in [0.1, 0.15) is 5.70 Å². The Hall–Kier alpha value is -3.47. The van der Waals surface area contributed by atoms with Crippen LogP contribution in [0.15, 0.2) is 77.6 Å². The van der Waals surface area contributed by atoms with Crippen molar-refractivity contribution in [3.05, 3.63) is 94.3 Å². The Morgan fingerprint density at radius 1 is 0.963 bits per heavy atom. The molecule has 1 aliphatic carbocycles. The topological polar surface area (TPSA) is 72.5 Å². The molecule has 134 valence electrons. The maximum Gasteiger partial charge on any atom is 0.354 e. The third-order valence-corrected chi connectivity index (χ3v) is 4.72. The predicted octanol–water partition coefficient (Wildman–Crippen LogP) is 3.15. The number of esters is 1. The average molecular weight is 359 g/mol. The van der Waals surface area contributed by atoms with Crippen molar-refractivity contribution in [3.8, 4) is 0 Å². The van der Waals surface area contributed by atoms with Crippen molar-refractivity contribution >= 4 is 17.5 Å². The maximum absolute atomic E-state index is 13.2. The van der Waals surface area contributed by atoms with Gasteiger partial charge in [-0.1, -0.05) is 54.6 Å². The summed E-state index contributed by atoms with van der Waals surface area (Å²) in [6.45, 7) is 1.93. The fraction of sp³-hybridized carbons (Fsp3) is 0.136. The van der Waals surface area contributed by atoms with Crippen LogP contribution in [0.1, 0.15) is 39.1 Å². The summed E-state index contributed by atoms with van der Waals surface area (Å²) in [4.78, 5) is 38.5. The summed E-state index contributed by atoms with van der Waals surface area (Å²) in [6.07, 6.45) is 1.66. The molecule has 0 unspecified atom stereocenters. The third kappa shape index (κ3) is 2.77. The smallest absolute Gasteiger partial charge is 0.354 e. The first-order chi connectivity index (χ1) is 13.1. The number of hydrogen-bond donors (Lipinski definition) is 1. The third-order valence-electron chi connectivity index (χ3n) is 4.72. The summed E-state index contributed by atoms with van der Waals surface area (Å²) in [5, 5.41) is 2.86. The van der Waals surface area contributed by atoms with E-state index in [1.807, 2.05) is 30.3 Å².